The lowest BCUT2D eigenvalue weighted by Gasteiger charge is -2.24. The molecule has 1 amide bonds. The number of ether oxygens (including phenoxy) is 1. The Labute approximate surface area is 147 Å². The predicted octanol–water partition coefficient (Wildman–Crippen LogP) is 4.67. The summed E-state index contributed by atoms with van der Waals surface area (Å²) in [7, 11) is 0. The van der Waals surface area contributed by atoms with Crippen LogP contribution < -0.4 is 10.1 Å². The minimum Gasteiger partial charge on any atom is -0.486 e. The third-order valence-corrected chi connectivity index (χ3v) is 6.13. The van der Waals surface area contributed by atoms with Crippen LogP contribution in [0.3, 0.4) is 0 Å². The van der Waals surface area contributed by atoms with E-state index in [1.54, 1.807) is 0 Å². The molecule has 1 N–H and O–H groups in total. The number of nitrogens with one attached hydrogen (secondary N) is 1. The van der Waals surface area contributed by atoms with Gasteiger partial charge in [0.05, 0.1) is 0 Å². The van der Waals surface area contributed by atoms with Crippen LogP contribution in [-0.4, -0.2) is 17.8 Å². The fraction of sp³-hybridized carbons (Fsp3) is 0.350. The highest BCUT2D eigenvalue weighted by molar-refractivity contribution is 7.99. The highest BCUT2D eigenvalue weighted by Crippen LogP contribution is 2.45. The van der Waals surface area contributed by atoms with E-state index in [9.17, 15) is 4.79 Å². The van der Waals surface area contributed by atoms with Crippen LogP contribution in [-0.2, 0) is 11.2 Å². The molecule has 24 heavy (non-hydrogen) atoms. The summed E-state index contributed by atoms with van der Waals surface area (Å²) in [5.74, 6) is 1.89. The van der Waals surface area contributed by atoms with Gasteiger partial charge >= 0.3 is 0 Å². The van der Waals surface area contributed by atoms with Gasteiger partial charge in [-0.1, -0.05) is 18.2 Å². The van der Waals surface area contributed by atoms with Gasteiger partial charge in [0.1, 0.15) is 11.4 Å². The summed E-state index contributed by atoms with van der Waals surface area (Å²) in [5.41, 5.74) is 5.23. The minimum atomic E-state index is -0.232. The lowest BCUT2D eigenvalue weighted by atomic mass is 9.92. The van der Waals surface area contributed by atoms with E-state index in [1.165, 1.54) is 10.5 Å². The van der Waals surface area contributed by atoms with Crippen molar-refractivity contribution in [3.8, 4) is 5.75 Å². The van der Waals surface area contributed by atoms with Crippen molar-refractivity contribution in [2.75, 3.05) is 11.1 Å². The summed E-state index contributed by atoms with van der Waals surface area (Å²) >= 11 is 1.82. The van der Waals surface area contributed by atoms with Gasteiger partial charge < -0.3 is 10.1 Å². The molecule has 0 bridgehead atoms. The SMILES string of the molecule is Cc1c(C)c2c(c(C)c1NC=O)CC(C)(CSc1ccccc1)O2. The molecule has 0 aromatic heterocycles. The maximum Gasteiger partial charge on any atom is 0.211 e. The Hall–Kier alpha value is -1.94. The van der Waals surface area contributed by atoms with E-state index in [-0.39, 0.29) is 5.60 Å². The van der Waals surface area contributed by atoms with Gasteiger partial charge in [0, 0.05) is 28.3 Å². The lowest BCUT2D eigenvalue weighted by Crippen LogP contribution is -2.33. The second kappa shape index (κ2) is 6.52. The average Bonchev–Trinajstić information content (AvgIpc) is 2.95. The Kier molecular flexibility index (Phi) is 4.59. The van der Waals surface area contributed by atoms with Crippen molar-refractivity contribution < 1.29 is 9.53 Å². The zero-order valence-electron chi connectivity index (χ0n) is 14.6. The van der Waals surface area contributed by atoms with Crippen molar-refractivity contribution in [2.24, 2.45) is 0 Å². The summed E-state index contributed by atoms with van der Waals surface area (Å²) in [5, 5.41) is 2.86. The van der Waals surface area contributed by atoms with Gasteiger partial charge in [-0.2, -0.15) is 0 Å². The average molecular weight is 341 g/mol. The first kappa shape index (κ1) is 16.9. The van der Waals surface area contributed by atoms with E-state index < -0.39 is 0 Å². The van der Waals surface area contributed by atoms with Crippen molar-refractivity contribution >= 4 is 23.9 Å². The molecule has 0 saturated carbocycles. The van der Waals surface area contributed by atoms with E-state index in [1.807, 2.05) is 24.8 Å². The molecule has 1 aliphatic rings. The van der Waals surface area contributed by atoms with Gasteiger partial charge in [0.2, 0.25) is 6.41 Å². The van der Waals surface area contributed by atoms with E-state index in [0.29, 0.717) is 0 Å². The molecule has 1 heterocycles. The summed E-state index contributed by atoms with van der Waals surface area (Å²) in [6, 6.07) is 10.4. The van der Waals surface area contributed by atoms with Crippen molar-refractivity contribution in [1.29, 1.82) is 0 Å². The standard InChI is InChI=1S/C20H23NO2S/c1-13-14(2)19-17(15(3)18(13)21-12-22)10-20(4,23-19)11-24-16-8-6-5-7-9-16/h5-9,12H,10-11H2,1-4H3,(H,21,22). The molecule has 0 fully saturated rings. The molecular formula is C20H23NO2S. The summed E-state index contributed by atoms with van der Waals surface area (Å²) in [6.45, 7) is 8.34. The normalized spacial score (nSPS) is 18.8. The molecule has 3 nitrogen and oxygen atoms in total. The van der Waals surface area contributed by atoms with E-state index in [0.717, 1.165) is 46.7 Å². The molecule has 1 unspecified atom stereocenters. The number of hydrogen-bond acceptors (Lipinski definition) is 3. The highest BCUT2D eigenvalue weighted by Gasteiger charge is 2.38. The maximum absolute atomic E-state index is 10.9. The number of fused-ring (bicyclic) bond motifs is 1. The molecule has 0 saturated heterocycles. The number of carbonyl (C=O) groups excluding carboxylic acids is 1. The topological polar surface area (TPSA) is 38.3 Å². The first-order valence-corrected chi connectivity index (χ1v) is 9.13. The molecular weight excluding hydrogens is 318 g/mol. The molecule has 0 aliphatic carbocycles. The van der Waals surface area contributed by atoms with E-state index in [2.05, 4.69) is 50.4 Å². The van der Waals surface area contributed by atoms with Gasteiger partial charge in [0.15, 0.2) is 0 Å². The fourth-order valence-corrected chi connectivity index (χ4v) is 4.29. The van der Waals surface area contributed by atoms with Crippen molar-refractivity contribution in [1.82, 2.24) is 0 Å². The van der Waals surface area contributed by atoms with Crippen LogP contribution >= 0.6 is 11.8 Å². The molecule has 4 heteroatoms. The largest absolute Gasteiger partial charge is 0.486 e. The van der Waals surface area contributed by atoms with Crippen LogP contribution in [0.25, 0.3) is 0 Å². The monoisotopic (exact) mass is 341 g/mol. The van der Waals surface area contributed by atoms with E-state index in [4.69, 9.17) is 4.74 Å². The second-order valence-corrected chi connectivity index (χ2v) is 7.70. The van der Waals surface area contributed by atoms with Crippen LogP contribution in [0, 0.1) is 20.8 Å². The number of benzene rings is 2. The smallest absolute Gasteiger partial charge is 0.211 e. The number of anilines is 1. The van der Waals surface area contributed by atoms with Crippen molar-refractivity contribution in [2.45, 2.75) is 44.6 Å². The number of thioether (sulfide) groups is 1. The molecule has 126 valence electrons. The van der Waals surface area contributed by atoms with Crippen LogP contribution in [0.1, 0.15) is 29.2 Å². The highest BCUT2D eigenvalue weighted by atomic mass is 32.2. The van der Waals surface area contributed by atoms with E-state index >= 15 is 0 Å². The zero-order chi connectivity index (χ0) is 17.3. The number of hydrogen-bond donors (Lipinski definition) is 1. The molecule has 2 aromatic carbocycles. The first-order valence-electron chi connectivity index (χ1n) is 8.15. The maximum atomic E-state index is 10.9. The van der Waals surface area contributed by atoms with Crippen LogP contribution in [0.15, 0.2) is 35.2 Å². The predicted molar refractivity (Wildman–Crippen MR) is 100 cm³/mol. The van der Waals surface area contributed by atoms with Crippen molar-refractivity contribution in [3.05, 3.63) is 52.6 Å². The number of amides is 1. The quantitative estimate of drug-likeness (QED) is 0.634. The molecule has 3 rings (SSSR count). The molecule has 0 radical (unpaired) electrons. The van der Waals surface area contributed by atoms with Crippen molar-refractivity contribution in [3.63, 3.8) is 0 Å². The van der Waals surface area contributed by atoms with Crippen LogP contribution in [0.5, 0.6) is 5.75 Å². The Morgan fingerprint density at radius 1 is 1.17 bits per heavy atom. The second-order valence-electron chi connectivity index (χ2n) is 6.65. The van der Waals surface area contributed by atoms with Gasteiger partial charge in [-0.3, -0.25) is 4.79 Å². The Balaban J connectivity index is 1.87. The summed E-state index contributed by atoms with van der Waals surface area (Å²) in [6.07, 6.45) is 1.62. The molecule has 1 aliphatic heterocycles. The van der Waals surface area contributed by atoms with Gasteiger partial charge in [0.25, 0.3) is 0 Å². The fourth-order valence-electron chi connectivity index (χ4n) is 3.30. The lowest BCUT2D eigenvalue weighted by molar-refractivity contribution is -0.105. The van der Waals surface area contributed by atoms with Crippen LogP contribution in [0.4, 0.5) is 5.69 Å². The van der Waals surface area contributed by atoms with Gasteiger partial charge in [-0.05, 0) is 56.5 Å². The third-order valence-electron chi connectivity index (χ3n) is 4.77. The zero-order valence-corrected chi connectivity index (χ0v) is 15.4. The molecule has 1 atom stereocenters. The Morgan fingerprint density at radius 2 is 1.88 bits per heavy atom. The minimum absolute atomic E-state index is 0.232. The number of carbonyl (C=O) groups is 1. The van der Waals surface area contributed by atoms with Crippen LogP contribution in [0.2, 0.25) is 0 Å². The Bertz CT molecular complexity index is 773. The first-order chi connectivity index (χ1) is 11.4. The third kappa shape index (κ3) is 3.03. The number of rotatable bonds is 5. The molecule has 2 aromatic rings. The molecule has 0 spiro atoms. The summed E-state index contributed by atoms with van der Waals surface area (Å²) < 4.78 is 6.40. The Morgan fingerprint density at radius 3 is 2.54 bits per heavy atom. The van der Waals surface area contributed by atoms with Gasteiger partial charge in [-0.25, -0.2) is 0 Å². The summed E-state index contributed by atoms with van der Waals surface area (Å²) in [4.78, 5) is 12.2. The van der Waals surface area contributed by atoms with Gasteiger partial charge in [-0.15, -0.1) is 11.8 Å².